The molecule has 3 rings (SSSR count). The number of carbonyl (C=O) groups is 1. The third-order valence-electron chi connectivity index (χ3n) is 4.02. The van der Waals surface area contributed by atoms with Crippen molar-refractivity contribution in [2.24, 2.45) is 4.36 Å². The molecule has 0 N–H and O–H groups in total. The van der Waals surface area contributed by atoms with Crippen molar-refractivity contribution in [3.05, 3.63) is 101 Å². The lowest BCUT2D eigenvalue weighted by Gasteiger charge is -2.22. The minimum Gasteiger partial charge on any atom is -0.268 e. The molecule has 0 radical (unpaired) electrons. The van der Waals surface area contributed by atoms with Crippen molar-refractivity contribution in [2.45, 2.75) is 4.90 Å². The number of nitro benzene ring substituents is 1. The highest BCUT2D eigenvalue weighted by Crippen LogP contribution is 2.26. The molecule has 0 saturated heterocycles. The Hall–Kier alpha value is -3.52. The number of amides is 1. The van der Waals surface area contributed by atoms with Gasteiger partial charge < -0.3 is 0 Å². The molecule has 1 unspecified atom stereocenters. The van der Waals surface area contributed by atoms with Gasteiger partial charge in [-0.1, -0.05) is 36.4 Å². The smallest absolute Gasteiger partial charge is 0.268 e. The van der Waals surface area contributed by atoms with Crippen molar-refractivity contribution in [2.75, 3.05) is 7.05 Å². The van der Waals surface area contributed by atoms with Gasteiger partial charge in [0.1, 0.15) is 0 Å². The molecule has 1 amide bonds. The lowest BCUT2D eigenvalue weighted by Crippen LogP contribution is -2.33. The first-order valence-electron chi connectivity index (χ1n) is 8.32. The second kappa shape index (κ2) is 8.01. The van der Waals surface area contributed by atoms with Crippen molar-refractivity contribution in [3.8, 4) is 0 Å². The van der Waals surface area contributed by atoms with Crippen LogP contribution in [0, 0.1) is 10.1 Å². The van der Waals surface area contributed by atoms with Gasteiger partial charge in [-0.25, -0.2) is 4.21 Å². The summed E-state index contributed by atoms with van der Waals surface area (Å²) in [4.78, 5) is 23.5. The van der Waals surface area contributed by atoms with E-state index in [1.54, 1.807) is 60.7 Å². The molecular weight excluding hydrogens is 378 g/mol. The van der Waals surface area contributed by atoms with E-state index in [9.17, 15) is 19.1 Å². The zero-order chi connectivity index (χ0) is 20.1. The van der Waals surface area contributed by atoms with Crippen LogP contribution in [0.15, 0.2) is 94.2 Å². The van der Waals surface area contributed by atoms with E-state index in [4.69, 9.17) is 0 Å². The van der Waals surface area contributed by atoms with Crippen LogP contribution in [-0.2, 0) is 9.92 Å². The SMILES string of the molecule is CN(C(=O)c1ccccc1)S(=O)(=Nc1ccccc1)c1ccc([N+](=O)[O-])cc1. The van der Waals surface area contributed by atoms with E-state index < -0.39 is 20.7 Å². The Kier molecular flexibility index (Phi) is 5.51. The van der Waals surface area contributed by atoms with E-state index in [-0.39, 0.29) is 10.6 Å². The first kappa shape index (κ1) is 19.2. The van der Waals surface area contributed by atoms with Crippen LogP contribution in [0.2, 0.25) is 0 Å². The maximum Gasteiger partial charge on any atom is 0.269 e. The highest BCUT2D eigenvalue weighted by atomic mass is 32.2. The number of rotatable bonds is 5. The molecule has 0 aromatic heterocycles. The van der Waals surface area contributed by atoms with Crippen LogP contribution in [0.3, 0.4) is 0 Å². The molecule has 7 nitrogen and oxygen atoms in total. The fraction of sp³-hybridized carbons (Fsp3) is 0.0500. The Labute approximate surface area is 162 Å². The van der Waals surface area contributed by atoms with Gasteiger partial charge in [0.25, 0.3) is 11.6 Å². The van der Waals surface area contributed by atoms with Gasteiger partial charge in [0.2, 0.25) is 0 Å². The summed E-state index contributed by atoms with van der Waals surface area (Å²) in [6.45, 7) is 0. The number of non-ortho nitro benzene ring substituents is 1. The second-order valence-corrected chi connectivity index (χ2v) is 8.04. The zero-order valence-corrected chi connectivity index (χ0v) is 15.8. The first-order valence-corrected chi connectivity index (χ1v) is 9.79. The summed E-state index contributed by atoms with van der Waals surface area (Å²) in [6.07, 6.45) is 0. The molecule has 0 aliphatic carbocycles. The van der Waals surface area contributed by atoms with E-state index in [0.29, 0.717) is 11.3 Å². The molecule has 0 aliphatic rings. The zero-order valence-electron chi connectivity index (χ0n) is 15.0. The van der Waals surface area contributed by atoms with Crippen LogP contribution in [-0.4, -0.2) is 26.4 Å². The van der Waals surface area contributed by atoms with Crippen LogP contribution in [0.25, 0.3) is 0 Å². The molecule has 0 fully saturated rings. The Bertz CT molecular complexity index is 1110. The second-order valence-electron chi connectivity index (χ2n) is 5.84. The summed E-state index contributed by atoms with van der Waals surface area (Å²) in [7, 11) is -1.99. The molecule has 3 aromatic carbocycles. The Morgan fingerprint density at radius 2 is 1.46 bits per heavy atom. The van der Waals surface area contributed by atoms with Crippen LogP contribution >= 0.6 is 0 Å². The normalized spacial score (nSPS) is 12.6. The predicted molar refractivity (Wildman–Crippen MR) is 107 cm³/mol. The molecule has 0 heterocycles. The van der Waals surface area contributed by atoms with Gasteiger partial charge >= 0.3 is 0 Å². The monoisotopic (exact) mass is 395 g/mol. The fourth-order valence-corrected chi connectivity index (χ4v) is 4.30. The van der Waals surface area contributed by atoms with E-state index in [1.807, 2.05) is 0 Å². The largest absolute Gasteiger partial charge is 0.269 e. The first-order chi connectivity index (χ1) is 13.4. The highest BCUT2D eigenvalue weighted by molar-refractivity contribution is 7.92. The number of nitrogens with zero attached hydrogens (tertiary/aromatic N) is 3. The quantitative estimate of drug-likeness (QED) is 0.471. The maximum absolute atomic E-state index is 13.9. The average molecular weight is 395 g/mol. The van der Waals surface area contributed by atoms with Crippen LogP contribution in [0.4, 0.5) is 11.4 Å². The topological polar surface area (TPSA) is 92.9 Å². The Balaban J connectivity index is 2.14. The Morgan fingerprint density at radius 3 is 2.00 bits per heavy atom. The number of hydrogen-bond acceptors (Lipinski definition) is 5. The van der Waals surface area contributed by atoms with Crippen LogP contribution in [0.1, 0.15) is 10.4 Å². The third-order valence-corrected chi connectivity index (χ3v) is 6.27. The Morgan fingerprint density at radius 1 is 0.929 bits per heavy atom. The van der Waals surface area contributed by atoms with Gasteiger partial charge in [0, 0.05) is 24.7 Å². The lowest BCUT2D eigenvalue weighted by atomic mass is 10.2. The van der Waals surface area contributed by atoms with Gasteiger partial charge in [-0.15, -0.1) is 0 Å². The predicted octanol–water partition coefficient (Wildman–Crippen LogP) is 4.44. The van der Waals surface area contributed by atoms with Crippen LogP contribution < -0.4 is 0 Å². The summed E-state index contributed by atoms with van der Waals surface area (Å²) < 4.78 is 19.3. The number of benzene rings is 3. The number of carbonyl (C=O) groups excluding carboxylic acids is 1. The highest BCUT2D eigenvalue weighted by Gasteiger charge is 2.26. The molecule has 28 heavy (non-hydrogen) atoms. The van der Waals surface area contributed by atoms with Crippen molar-refractivity contribution in [1.82, 2.24) is 4.31 Å². The molecule has 8 heteroatoms. The maximum atomic E-state index is 13.9. The molecule has 0 bridgehead atoms. The molecule has 142 valence electrons. The summed E-state index contributed by atoms with van der Waals surface area (Å²) in [6, 6.07) is 22.3. The van der Waals surface area contributed by atoms with Crippen molar-refractivity contribution in [3.63, 3.8) is 0 Å². The molecule has 0 saturated carbocycles. The van der Waals surface area contributed by atoms with Crippen LogP contribution in [0.5, 0.6) is 0 Å². The molecular formula is C20H17N3O4S. The van der Waals surface area contributed by atoms with E-state index in [0.717, 1.165) is 4.31 Å². The van der Waals surface area contributed by atoms with Crippen molar-refractivity contribution < 1.29 is 13.9 Å². The summed E-state index contributed by atoms with van der Waals surface area (Å²) in [5.41, 5.74) is 0.656. The van der Waals surface area contributed by atoms with E-state index in [1.165, 1.54) is 31.3 Å². The van der Waals surface area contributed by atoms with E-state index >= 15 is 0 Å². The van der Waals surface area contributed by atoms with Crippen molar-refractivity contribution >= 4 is 27.2 Å². The van der Waals surface area contributed by atoms with Gasteiger partial charge in [-0.3, -0.25) is 19.2 Å². The summed E-state index contributed by atoms with van der Waals surface area (Å²) in [5.74, 6) is -0.469. The minimum atomic E-state index is -3.40. The summed E-state index contributed by atoms with van der Waals surface area (Å²) in [5, 5.41) is 10.9. The van der Waals surface area contributed by atoms with Gasteiger partial charge in [0.05, 0.1) is 15.5 Å². The molecule has 0 aliphatic heterocycles. The number of nitro groups is 1. The summed E-state index contributed by atoms with van der Waals surface area (Å²) >= 11 is 0. The van der Waals surface area contributed by atoms with Crippen molar-refractivity contribution in [1.29, 1.82) is 0 Å². The lowest BCUT2D eigenvalue weighted by molar-refractivity contribution is -0.384. The standard InChI is InChI=1S/C20H17N3O4S/c1-22(20(24)16-8-4-2-5-9-16)28(27,21-17-10-6-3-7-11-17)19-14-12-18(13-15-19)23(25)26/h2-15H,1H3. The van der Waals surface area contributed by atoms with Gasteiger partial charge in [-0.2, -0.15) is 4.36 Å². The molecule has 0 spiro atoms. The minimum absolute atomic E-state index is 0.137. The van der Waals surface area contributed by atoms with Gasteiger partial charge in [-0.05, 0) is 36.4 Å². The molecule has 3 aromatic rings. The fourth-order valence-electron chi connectivity index (χ4n) is 2.52. The number of hydrogen-bond donors (Lipinski definition) is 0. The third kappa shape index (κ3) is 3.91. The van der Waals surface area contributed by atoms with Gasteiger partial charge in [0.15, 0.2) is 9.92 Å². The van der Waals surface area contributed by atoms with E-state index in [2.05, 4.69) is 4.36 Å². The average Bonchev–Trinajstić information content (AvgIpc) is 2.74. The molecule has 1 atom stereocenters.